The number of aromatic nitrogens is 5. The predicted molar refractivity (Wildman–Crippen MR) is 156 cm³/mol. The van der Waals surface area contributed by atoms with E-state index in [1.807, 2.05) is 65.0 Å². The first kappa shape index (κ1) is 28.2. The van der Waals surface area contributed by atoms with E-state index in [4.69, 9.17) is 10.5 Å². The Morgan fingerprint density at radius 2 is 1.83 bits per heavy atom. The zero-order chi connectivity index (χ0) is 29.3. The number of nitrogens with zero attached hydrogens (tertiary/aromatic N) is 7. The highest BCUT2D eigenvalue weighted by Gasteiger charge is 2.34. The van der Waals surface area contributed by atoms with Crippen molar-refractivity contribution >= 4 is 28.9 Å². The third-order valence-electron chi connectivity index (χ3n) is 7.03. The predicted octanol–water partition coefficient (Wildman–Crippen LogP) is 4.45. The van der Waals surface area contributed by atoms with Crippen molar-refractivity contribution < 1.29 is 14.3 Å². The van der Waals surface area contributed by atoms with Gasteiger partial charge in [0.2, 0.25) is 0 Å². The summed E-state index contributed by atoms with van der Waals surface area (Å²) in [5.74, 6) is 0.472. The highest BCUT2D eigenvalue weighted by atomic mass is 16.6. The van der Waals surface area contributed by atoms with Crippen LogP contribution in [-0.4, -0.2) is 72.4 Å². The van der Waals surface area contributed by atoms with Crippen LogP contribution in [0.3, 0.4) is 0 Å². The average molecular weight is 557 g/mol. The molecule has 2 amide bonds. The molecule has 0 saturated carbocycles. The largest absolute Gasteiger partial charge is 0.444 e. The first-order chi connectivity index (χ1) is 19.5. The third kappa shape index (κ3) is 5.90. The molecule has 3 aromatic heterocycles. The first-order valence-corrected chi connectivity index (χ1v) is 13.8. The van der Waals surface area contributed by atoms with E-state index in [0.29, 0.717) is 42.2 Å². The Bertz CT molecular complexity index is 1530. The van der Waals surface area contributed by atoms with Crippen LogP contribution in [0.4, 0.5) is 10.6 Å². The quantitative estimate of drug-likeness (QED) is 0.381. The molecule has 1 saturated heterocycles. The number of ether oxygens (including phenoxy) is 1. The number of nitrogens with two attached hydrogens (primary N) is 1. The summed E-state index contributed by atoms with van der Waals surface area (Å²) >= 11 is 0. The molecule has 5 rings (SSSR count). The van der Waals surface area contributed by atoms with Crippen molar-refractivity contribution in [3.05, 3.63) is 66.7 Å². The molecule has 0 aliphatic carbocycles. The number of piperidine rings is 1. The maximum absolute atomic E-state index is 13.4. The van der Waals surface area contributed by atoms with Crippen molar-refractivity contribution in [2.24, 2.45) is 5.73 Å². The second-order valence-corrected chi connectivity index (χ2v) is 11.5. The van der Waals surface area contributed by atoms with Crippen molar-refractivity contribution in [2.75, 3.05) is 18.0 Å². The molecule has 0 radical (unpaired) electrons. The second-order valence-electron chi connectivity index (χ2n) is 11.5. The van der Waals surface area contributed by atoms with Crippen LogP contribution in [-0.2, 0) is 4.74 Å². The van der Waals surface area contributed by atoms with Gasteiger partial charge in [-0.25, -0.2) is 24.4 Å². The van der Waals surface area contributed by atoms with Crippen LogP contribution in [0.5, 0.6) is 0 Å². The number of fused-ring (bicyclic) bond motifs is 1. The van der Waals surface area contributed by atoms with Crippen LogP contribution in [0.2, 0.25) is 0 Å². The number of rotatable bonds is 5. The number of amides is 2. The van der Waals surface area contributed by atoms with Gasteiger partial charge in [0.1, 0.15) is 17.7 Å². The van der Waals surface area contributed by atoms with Crippen LogP contribution in [0.15, 0.2) is 61.2 Å². The maximum Gasteiger partial charge on any atom is 0.410 e. The van der Waals surface area contributed by atoms with Crippen LogP contribution in [0.1, 0.15) is 57.4 Å². The molecule has 2 unspecified atom stereocenters. The number of carbonyl (C=O) groups is 2. The van der Waals surface area contributed by atoms with Gasteiger partial charge in [-0.1, -0.05) is 18.2 Å². The Hall–Kier alpha value is -4.38. The standard InChI is InChI=1S/C30H36N8O3/c1-19(2)37(25-8-6-7-14-32-25)28(39)21-11-9-20(10-12-21)26-22-16-35-38(27(22)34-18-33-26)24-17-36(15-13-23(24)31)29(40)41-30(3,4)5/h6-12,14,16,18-19,23-24H,13,15,17,31H2,1-5H3. The zero-order valence-corrected chi connectivity index (χ0v) is 24.1. The van der Waals surface area contributed by atoms with Crippen LogP contribution in [0.25, 0.3) is 22.3 Å². The van der Waals surface area contributed by atoms with Gasteiger partial charge in [0.15, 0.2) is 5.65 Å². The van der Waals surface area contributed by atoms with Crippen molar-refractivity contribution in [1.82, 2.24) is 29.6 Å². The maximum atomic E-state index is 13.4. The summed E-state index contributed by atoms with van der Waals surface area (Å²) in [6, 6.07) is 12.3. The van der Waals surface area contributed by atoms with Crippen molar-refractivity contribution in [3.8, 4) is 11.3 Å². The van der Waals surface area contributed by atoms with Gasteiger partial charge < -0.3 is 15.4 Å². The fourth-order valence-corrected chi connectivity index (χ4v) is 5.04. The molecule has 214 valence electrons. The van der Waals surface area contributed by atoms with E-state index in [-0.39, 0.29) is 30.1 Å². The van der Waals surface area contributed by atoms with E-state index in [9.17, 15) is 9.59 Å². The Morgan fingerprint density at radius 1 is 1.07 bits per heavy atom. The lowest BCUT2D eigenvalue weighted by atomic mass is 10.0. The Balaban J connectivity index is 1.41. The number of pyridine rings is 1. The molecular formula is C30H36N8O3. The molecule has 2 N–H and O–H groups in total. The molecule has 1 fully saturated rings. The van der Waals surface area contributed by atoms with Gasteiger partial charge in [-0.15, -0.1) is 0 Å². The molecule has 1 aliphatic rings. The van der Waals surface area contributed by atoms with Gasteiger partial charge in [-0.3, -0.25) is 9.69 Å². The van der Waals surface area contributed by atoms with Gasteiger partial charge >= 0.3 is 6.09 Å². The number of anilines is 1. The van der Waals surface area contributed by atoms with E-state index in [2.05, 4.69) is 20.1 Å². The van der Waals surface area contributed by atoms with Crippen LogP contribution in [0, 0.1) is 0 Å². The molecule has 0 bridgehead atoms. The molecule has 4 heterocycles. The van der Waals surface area contributed by atoms with Crippen molar-refractivity contribution in [2.45, 2.75) is 64.8 Å². The third-order valence-corrected chi connectivity index (χ3v) is 7.03. The smallest absolute Gasteiger partial charge is 0.410 e. The summed E-state index contributed by atoms with van der Waals surface area (Å²) < 4.78 is 7.37. The molecule has 41 heavy (non-hydrogen) atoms. The molecule has 11 heteroatoms. The monoisotopic (exact) mass is 556 g/mol. The molecule has 1 aliphatic heterocycles. The highest BCUT2D eigenvalue weighted by Crippen LogP contribution is 2.30. The summed E-state index contributed by atoms with van der Waals surface area (Å²) in [5, 5.41) is 5.39. The normalized spacial score (nSPS) is 17.6. The minimum Gasteiger partial charge on any atom is -0.444 e. The number of hydrogen-bond donors (Lipinski definition) is 1. The fourth-order valence-electron chi connectivity index (χ4n) is 5.04. The van der Waals surface area contributed by atoms with Gasteiger partial charge in [0.05, 0.1) is 23.3 Å². The van der Waals surface area contributed by atoms with Gasteiger partial charge in [0.25, 0.3) is 5.91 Å². The average Bonchev–Trinajstić information content (AvgIpc) is 3.37. The van der Waals surface area contributed by atoms with Gasteiger partial charge in [0, 0.05) is 42.5 Å². The lowest BCUT2D eigenvalue weighted by Crippen LogP contribution is -2.51. The molecule has 11 nitrogen and oxygen atoms in total. The van der Waals surface area contributed by atoms with Gasteiger partial charge in [-0.2, -0.15) is 5.10 Å². The number of likely N-dealkylation sites (tertiary alicyclic amines) is 1. The van der Waals surface area contributed by atoms with E-state index < -0.39 is 5.60 Å². The lowest BCUT2D eigenvalue weighted by molar-refractivity contribution is 0.0152. The Morgan fingerprint density at radius 3 is 2.49 bits per heavy atom. The van der Waals surface area contributed by atoms with Crippen molar-refractivity contribution in [3.63, 3.8) is 0 Å². The van der Waals surface area contributed by atoms with Gasteiger partial charge in [-0.05, 0) is 65.3 Å². The summed E-state index contributed by atoms with van der Waals surface area (Å²) in [4.78, 5) is 42.9. The highest BCUT2D eigenvalue weighted by molar-refractivity contribution is 6.06. The van der Waals surface area contributed by atoms with Crippen molar-refractivity contribution in [1.29, 1.82) is 0 Å². The topological polar surface area (TPSA) is 132 Å². The minimum atomic E-state index is -0.585. The number of carbonyl (C=O) groups excluding carboxylic acids is 2. The van der Waals surface area contributed by atoms with E-state index in [0.717, 1.165) is 10.9 Å². The second kappa shape index (κ2) is 11.2. The molecule has 0 spiro atoms. The summed E-state index contributed by atoms with van der Waals surface area (Å²) in [7, 11) is 0. The van der Waals surface area contributed by atoms with Crippen LogP contribution < -0.4 is 10.6 Å². The Labute approximate surface area is 239 Å². The number of hydrogen-bond acceptors (Lipinski definition) is 8. The molecule has 2 atom stereocenters. The fraction of sp³-hybridized carbons (Fsp3) is 0.400. The summed E-state index contributed by atoms with van der Waals surface area (Å²) in [6.07, 6.45) is 5.15. The summed E-state index contributed by atoms with van der Waals surface area (Å²) in [5.41, 5.74) is 8.62. The molecule has 4 aromatic rings. The van der Waals surface area contributed by atoms with E-state index >= 15 is 0 Å². The Kier molecular flexibility index (Phi) is 7.72. The van der Waals surface area contributed by atoms with Crippen LogP contribution >= 0.6 is 0 Å². The van der Waals surface area contributed by atoms with E-state index in [1.54, 1.807) is 39.0 Å². The molecule has 1 aromatic carbocycles. The van der Waals surface area contributed by atoms with E-state index in [1.165, 1.54) is 6.33 Å². The zero-order valence-electron chi connectivity index (χ0n) is 24.1. The molecular weight excluding hydrogens is 520 g/mol. The SMILES string of the molecule is CC(C)N(C(=O)c1ccc(-c2ncnc3c2cnn3C2CN(C(=O)OC(C)(C)C)CCC2N)cc1)c1ccccn1. The minimum absolute atomic E-state index is 0.0678. The first-order valence-electron chi connectivity index (χ1n) is 13.8. The number of benzene rings is 1. The summed E-state index contributed by atoms with van der Waals surface area (Å²) in [6.45, 7) is 10.3. The lowest BCUT2D eigenvalue weighted by Gasteiger charge is -2.37.